The van der Waals surface area contributed by atoms with Crippen LogP contribution in [-0.2, 0) is 26.2 Å². The molecule has 0 heterocycles. The van der Waals surface area contributed by atoms with Crippen molar-refractivity contribution in [1.82, 2.24) is 0 Å². The first-order chi connectivity index (χ1) is 6.84. The molecule has 0 N–H and O–H groups in total. The number of fused-ring (bicyclic) bond motifs is 3. The van der Waals surface area contributed by atoms with E-state index in [1.807, 2.05) is 0 Å². The van der Waals surface area contributed by atoms with Gasteiger partial charge in [-0.2, -0.15) is 0 Å². The van der Waals surface area contributed by atoms with Crippen LogP contribution in [0.4, 0.5) is 0 Å². The topological polar surface area (TPSA) is 0 Å². The van der Waals surface area contributed by atoms with Gasteiger partial charge in [0, 0.05) is 26.2 Å². The Labute approximate surface area is 134 Å². The molecule has 0 amide bonds. The second-order valence-electron chi connectivity index (χ2n) is 3.89. The summed E-state index contributed by atoms with van der Waals surface area (Å²) in [6, 6.07) is 6.61. The molecule has 0 bridgehead atoms. The van der Waals surface area contributed by atoms with Gasteiger partial charge >= 0.3 is 0 Å². The summed E-state index contributed by atoms with van der Waals surface area (Å²) in [6.07, 6.45) is 12.0. The van der Waals surface area contributed by atoms with Crippen LogP contribution in [-0.4, -0.2) is 0 Å². The van der Waals surface area contributed by atoms with Crippen molar-refractivity contribution in [2.24, 2.45) is 0 Å². The van der Waals surface area contributed by atoms with Gasteiger partial charge in [-0.1, -0.05) is 23.8 Å². The monoisotopic (exact) mass is 341 g/mol. The van der Waals surface area contributed by atoms with Crippen molar-refractivity contribution in [3.8, 4) is 0 Å². The Hall–Kier alpha value is -0.0969. The number of benzene rings is 1. The Bertz CT molecular complexity index is 487. The Kier molecular flexibility index (Phi) is 6.70. The van der Waals surface area contributed by atoms with Crippen LogP contribution in [0.2, 0.25) is 0 Å². The number of allylic oxidation sites excluding steroid dienone is 5. The molecule has 1 aromatic carbocycles. The van der Waals surface area contributed by atoms with Crippen molar-refractivity contribution in [1.29, 1.82) is 0 Å². The molecule has 2 aliphatic rings. The quantitative estimate of drug-likeness (QED) is 0.621. The van der Waals surface area contributed by atoms with E-state index in [4.69, 9.17) is 0 Å². The fourth-order valence-electron chi connectivity index (χ4n) is 2.14. The molecule has 1 aromatic rings. The number of rotatable bonds is 0. The van der Waals surface area contributed by atoms with Crippen molar-refractivity contribution >= 4 is 24.8 Å². The van der Waals surface area contributed by atoms with Gasteiger partial charge in [-0.25, -0.2) is 0 Å². The normalized spacial score (nSPS) is 17.9. The molecule has 1 unspecified atom stereocenters. The van der Waals surface area contributed by atoms with E-state index in [0.29, 0.717) is 5.92 Å². The molecule has 1 atom stereocenters. The van der Waals surface area contributed by atoms with Crippen LogP contribution in [0.25, 0.3) is 0 Å². The van der Waals surface area contributed by atoms with Crippen molar-refractivity contribution in [2.45, 2.75) is 12.8 Å². The summed E-state index contributed by atoms with van der Waals surface area (Å²) in [4.78, 5) is 0. The predicted molar refractivity (Wildman–Crippen MR) is 72.6 cm³/mol. The van der Waals surface area contributed by atoms with E-state index in [1.54, 1.807) is 0 Å². The molecular weight excluding hydrogens is 330 g/mol. The minimum Gasteiger partial charge on any atom is -0.147 e. The van der Waals surface area contributed by atoms with Gasteiger partial charge in [0.25, 0.3) is 0 Å². The van der Waals surface area contributed by atoms with Gasteiger partial charge in [0.1, 0.15) is 0 Å². The van der Waals surface area contributed by atoms with E-state index in [0.717, 1.165) is 0 Å². The maximum absolute atomic E-state index is 3.46. The van der Waals surface area contributed by atoms with E-state index < -0.39 is 0 Å². The summed E-state index contributed by atoms with van der Waals surface area (Å²) in [5, 5.41) is 0. The average Bonchev–Trinajstić information content (AvgIpc) is 2.54. The van der Waals surface area contributed by atoms with Gasteiger partial charge in [0.05, 0.1) is 0 Å². The largest absolute Gasteiger partial charge is 0.147 e. The van der Waals surface area contributed by atoms with Crippen molar-refractivity contribution in [3.05, 3.63) is 70.8 Å². The summed E-state index contributed by atoms with van der Waals surface area (Å²) >= 11 is 0. The third-order valence-corrected chi connectivity index (χ3v) is 2.85. The first-order valence-electron chi connectivity index (χ1n) is 4.94. The average molecular weight is 343 g/mol. The molecule has 17 heavy (non-hydrogen) atoms. The van der Waals surface area contributed by atoms with Crippen LogP contribution in [0.3, 0.4) is 0 Å². The molecule has 3 rings (SSSR count). The Morgan fingerprint density at radius 2 is 1.88 bits per heavy atom. The summed E-state index contributed by atoms with van der Waals surface area (Å²) in [5.41, 5.74) is 5.27. The molecule has 0 saturated heterocycles. The van der Waals surface area contributed by atoms with Gasteiger partial charge in [0.15, 0.2) is 0 Å². The number of hydrogen-bond donors (Lipinski definition) is 0. The zero-order valence-corrected chi connectivity index (χ0v) is 13.5. The molecule has 2 aliphatic carbocycles. The zero-order valence-electron chi connectivity index (χ0n) is 9.44. The second kappa shape index (κ2) is 6.73. The maximum Gasteiger partial charge on any atom is 0 e. The molecule has 0 fully saturated rings. The van der Waals surface area contributed by atoms with Crippen molar-refractivity contribution in [2.75, 3.05) is 0 Å². The minimum atomic E-state index is 0. The van der Waals surface area contributed by atoms with Gasteiger partial charge in [-0.3, -0.25) is 0 Å². The Morgan fingerprint density at radius 3 is 2.65 bits per heavy atom. The third-order valence-electron chi connectivity index (χ3n) is 2.85. The third kappa shape index (κ3) is 3.02. The van der Waals surface area contributed by atoms with Crippen LogP contribution >= 0.6 is 24.8 Å². The van der Waals surface area contributed by atoms with Gasteiger partial charge in [0.2, 0.25) is 0 Å². The molecule has 0 aromatic heterocycles. The molecular formula is C14H13Cl2Zr-. The smallest absolute Gasteiger partial charge is 0 e. The minimum absolute atomic E-state index is 0. The summed E-state index contributed by atoms with van der Waals surface area (Å²) < 4.78 is 0. The standard InChI is InChI=1S/C14H11.2ClH.Zr/c1-10-6-7-14-12(8-10)9-11-4-2-3-5-13(11)14;;;/h2-8,13H,1H3;2*1H;/q-1;;;. The Morgan fingerprint density at radius 1 is 1.12 bits per heavy atom. The van der Waals surface area contributed by atoms with Crippen LogP contribution in [0.5, 0.6) is 0 Å². The summed E-state index contributed by atoms with van der Waals surface area (Å²) in [7, 11) is 0. The van der Waals surface area contributed by atoms with E-state index in [-0.39, 0.29) is 51.0 Å². The van der Waals surface area contributed by atoms with Gasteiger partial charge < -0.3 is 0 Å². The van der Waals surface area contributed by atoms with E-state index in [1.165, 1.54) is 22.3 Å². The van der Waals surface area contributed by atoms with Crippen LogP contribution in [0, 0.1) is 13.0 Å². The first-order valence-corrected chi connectivity index (χ1v) is 4.94. The number of hydrogen-bond acceptors (Lipinski definition) is 0. The summed E-state index contributed by atoms with van der Waals surface area (Å²) in [6.45, 7) is 2.13. The van der Waals surface area contributed by atoms with E-state index in [9.17, 15) is 0 Å². The maximum atomic E-state index is 3.46. The summed E-state index contributed by atoms with van der Waals surface area (Å²) in [5.74, 6) is 0.454. The second-order valence-corrected chi connectivity index (χ2v) is 3.89. The molecule has 0 nitrogen and oxygen atoms in total. The predicted octanol–water partition coefficient (Wildman–Crippen LogP) is 4.14. The van der Waals surface area contributed by atoms with Crippen LogP contribution in [0.1, 0.15) is 22.6 Å². The fourth-order valence-corrected chi connectivity index (χ4v) is 2.14. The molecule has 0 aliphatic heterocycles. The fraction of sp³-hybridized carbons (Fsp3) is 0.143. The zero-order chi connectivity index (χ0) is 9.54. The van der Waals surface area contributed by atoms with Crippen LogP contribution < -0.4 is 0 Å². The van der Waals surface area contributed by atoms with Crippen molar-refractivity contribution < 1.29 is 26.2 Å². The van der Waals surface area contributed by atoms with E-state index in [2.05, 4.69) is 55.5 Å². The SMILES string of the molecule is Cc1ccc2c(c1)[C-]=C1C=CC=CC12.Cl.Cl.[Zr]. The molecule has 0 spiro atoms. The van der Waals surface area contributed by atoms with Crippen LogP contribution in [0.15, 0.2) is 48.1 Å². The van der Waals surface area contributed by atoms with Gasteiger partial charge in [-0.05, 0) is 12.8 Å². The molecule has 0 radical (unpaired) electrons. The molecule has 88 valence electrons. The Balaban J connectivity index is 0.000000853. The van der Waals surface area contributed by atoms with E-state index >= 15 is 0 Å². The van der Waals surface area contributed by atoms with Crippen molar-refractivity contribution in [3.63, 3.8) is 0 Å². The first kappa shape index (κ1) is 16.9. The molecule has 3 heteroatoms. The number of aryl methyl sites for hydroxylation is 1. The van der Waals surface area contributed by atoms with Gasteiger partial charge in [-0.15, -0.1) is 71.9 Å². The molecule has 0 saturated carbocycles. The number of halogens is 2.